The Kier molecular flexibility index (Phi) is 4.04. The summed E-state index contributed by atoms with van der Waals surface area (Å²) in [7, 11) is 1.54. The quantitative estimate of drug-likeness (QED) is 0.843. The minimum Gasteiger partial charge on any atom is -0.377 e. The second-order valence-electron chi connectivity index (χ2n) is 4.79. The molecule has 1 aromatic heterocycles. The number of ether oxygens (including phenoxy) is 1. The molecule has 1 heterocycles. The number of aromatic nitrogens is 2. The van der Waals surface area contributed by atoms with Crippen molar-refractivity contribution in [3.8, 4) is 0 Å². The molecule has 0 aliphatic rings. The van der Waals surface area contributed by atoms with Crippen LogP contribution in [-0.2, 0) is 17.5 Å². The van der Waals surface area contributed by atoms with Gasteiger partial charge in [0.25, 0.3) is 0 Å². The Morgan fingerprint density at radius 1 is 1.35 bits per heavy atom. The van der Waals surface area contributed by atoms with Crippen molar-refractivity contribution in [1.29, 1.82) is 0 Å². The van der Waals surface area contributed by atoms with E-state index in [4.69, 9.17) is 4.74 Å². The minimum absolute atomic E-state index is 0.155. The smallest absolute Gasteiger partial charge is 0.377 e. The Morgan fingerprint density at radius 2 is 2.05 bits per heavy atom. The second kappa shape index (κ2) is 5.44. The molecule has 0 spiro atoms. The molecule has 1 aromatic carbocycles. The summed E-state index contributed by atoms with van der Waals surface area (Å²) >= 11 is 0. The van der Waals surface area contributed by atoms with Crippen LogP contribution >= 0.6 is 0 Å². The monoisotopic (exact) mass is 286 g/mol. The van der Waals surface area contributed by atoms with Gasteiger partial charge in [-0.3, -0.25) is 0 Å². The van der Waals surface area contributed by atoms with E-state index in [1.54, 1.807) is 7.11 Å². The number of fused-ring (bicyclic) bond motifs is 1. The summed E-state index contributed by atoms with van der Waals surface area (Å²) in [6, 6.07) is 3.82. The van der Waals surface area contributed by atoms with E-state index >= 15 is 0 Å². The summed E-state index contributed by atoms with van der Waals surface area (Å²) < 4.78 is 45.2. The normalized spacial score (nSPS) is 13.9. The van der Waals surface area contributed by atoms with Crippen molar-refractivity contribution < 1.29 is 17.9 Å². The largest absolute Gasteiger partial charge is 0.416 e. The fourth-order valence-electron chi connectivity index (χ4n) is 2.23. The molecular formula is C14H17F3N2O. The van der Waals surface area contributed by atoms with Gasteiger partial charge in [-0.05, 0) is 31.5 Å². The van der Waals surface area contributed by atoms with E-state index in [-0.39, 0.29) is 12.6 Å². The van der Waals surface area contributed by atoms with Gasteiger partial charge in [0, 0.05) is 13.2 Å². The molecule has 0 bridgehead atoms. The average Bonchev–Trinajstić information content (AvgIpc) is 2.74. The lowest BCUT2D eigenvalue weighted by molar-refractivity contribution is -0.137. The maximum Gasteiger partial charge on any atom is 0.416 e. The zero-order chi connectivity index (χ0) is 14.9. The third kappa shape index (κ3) is 2.65. The number of halogens is 3. The lowest BCUT2D eigenvalue weighted by Gasteiger charge is -2.15. The fourth-order valence-corrected chi connectivity index (χ4v) is 2.23. The fraction of sp³-hybridized carbons (Fsp3) is 0.500. The molecule has 0 amide bonds. The standard InChI is InChI=1S/C14H17F3N2O/c1-4-9(2)19-12-6-5-10(14(15,16)17)7-11(12)18-13(19)8-20-3/h5-7,9H,4,8H2,1-3H3. The zero-order valence-corrected chi connectivity index (χ0v) is 11.7. The van der Waals surface area contributed by atoms with E-state index in [0.717, 1.165) is 18.6 Å². The van der Waals surface area contributed by atoms with Crippen LogP contribution < -0.4 is 0 Å². The van der Waals surface area contributed by atoms with Gasteiger partial charge >= 0.3 is 6.18 Å². The van der Waals surface area contributed by atoms with Crippen LogP contribution in [0.4, 0.5) is 13.2 Å². The molecule has 0 radical (unpaired) electrons. The Labute approximate surface area is 115 Å². The molecule has 0 fully saturated rings. The highest BCUT2D eigenvalue weighted by atomic mass is 19.4. The van der Waals surface area contributed by atoms with Gasteiger partial charge in [0.2, 0.25) is 0 Å². The first kappa shape index (κ1) is 14.8. The summed E-state index contributed by atoms with van der Waals surface area (Å²) in [5.41, 5.74) is 0.384. The van der Waals surface area contributed by atoms with Crippen molar-refractivity contribution in [1.82, 2.24) is 9.55 Å². The second-order valence-corrected chi connectivity index (χ2v) is 4.79. The van der Waals surface area contributed by atoms with Crippen molar-refractivity contribution in [3.05, 3.63) is 29.6 Å². The first-order valence-electron chi connectivity index (χ1n) is 6.45. The molecule has 3 nitrogen and oxygen atoms in total. The molecular weight excluding hydrogens is 269 g/mol. The van der Waals surface area contributed by atoms with Crippen LogP contribution in [0.25, 0.3) is 11.0 Å². The topological polar surface area (TPSA) is 27.1 Å². The van der Waals surface area contributed by atoms with E-state index in [0.29, 0.717) is 16.9 Å². The number of benzene rings is 1. The Hall–Kier alpha value is -1.56. The van der Waals surface area contributed by atoms with E-state index in [1.807, 2.05) is 18.4 Å². The van der Waals surface area contributed by atoms with Crippen LogP contribution in [-0.4, -0.2) is 16.7 Å². The van der Waals surface area contributed by atoms with Crippen molar-refractivity contribution in [2.45, 2.75) is 39.1 Å². The number of methoxy groups -OCH3 is 1. The van der Waals surface area contributed by atoms with Crippen molar-refractivity contribution >= 4 is 11.0 Å². The van der Waals surface area contributed by atoms with Crippen LogP contribution in [0.1, 0.15) is 37.7 Å². The van der Waals surface area contributed by atoms with Crippen LogP contribution in [0.5, 0.6) is 0 Å². The predicted molar refractivity (Wildman–Crippen MR) is 70.5 cm³/mol. The van der Waals surface area contributed by atoms with E-state index in [2.05, 4.69) is 4.98 Å². The molecule has 0 saturated heterocycles. The van der Waals surface area contributed by atoms with Crippen LogP contribution in [0.2, 0.25) is 0 Å². The maximum absolute atomic E-state index is 12.7. The Morgan fingerprint density at radius 3 is 2.60 bits per heavy atom. The third-order valence-corrected chi connectivity index (χ3v) is 3.39. The number of hydrogen-bond acceptors (Lipinski definition) is 2. The minimum atomic E-state index is -4.35. The van der Waals surface area contributed by atoms with E-state index < -0.39 is 11.7 Å². The van der Waals surface area contributed by atoms with E-state index in [1.165, 1.54) is 6.07 Å². The molecule has 1 unspecified atom stereocenters. The zero-order valence-electron chi connectivity index (χ0n) is 11.7. The first-order chi connectivity index (χ1) is 9.38. The molecule has 0 aliphatic carbocycles. The average molecular weight is 286 g/mol. The molecule has 0 saturated carbocycles. The summed E-state index contributed by atoms with van der Waals surface area (Å²) in [5.74, 6) is 0.649. The molecule has 1 atom stereocenters. The van der Waals surface area contributed by atoms with Crippen molar-refractivity contribution in [2.75, 3.05) is 7.11 Å². The van der Waals surface area contributed by atoms with Gasteiger partial charge in [0.1, 0.15) is 12.4 Å². The number of imidazole rings is 1. The summed E-state index contributed by atoms with van der Waals surface area (Å²) in [6.07, 6.45) is -3.49. The van der Waals surface area contributed by atoms with Gasteiger partial charge in [0.15, 0.2) is 0 Å². The molecule has 20 heavy (non-hydrogen) atoms. The number of hydrogen-bond donors (Lipinski definition) is 0. The van der Waals surface area contributed by atoms with E-state index in [9.17, 15) is 13.2 Å². The highest BCUT2D eigenvalue weighted by Gasteiger charge is 2.31. The lowest BCUT2D eigenvalue weighted by Crippen LogP contribution is -2.09. The first-order valence-corrected chi connectivity index (χ1v) is 6.45. The van der Waals surface area contributed by atoms with Crippen LogP contribution in [0.3, 0.4) is 0 Å². The highest BCUT2D eigenvalue weighted by molar-refractivity contribution is 5.77. The summed E-state index contributed by atoms with van der Waals surface area (Å²) in [4.78, 5) is 4.28. The van der Waals surface area contributed by atoms with Gasteiger partial charge in [0.05, 0.1) is 16.6 Å². The molecule has 6 heteroatoms. The number of nitrogens with zero attached hydrogens (tertiary/aromatic N) is 2. The van der Waals surface area contributed by atoms with Gasteiger partial charge in [-0.1, -0.05) is 6.92 Å². The van der Waals surface area contributed by atoms with Crippen LogP contribution in [0, 0.1) is 0 Å². The maximum atomic E-state index is 12.7. The number of alkyl halides is 3. The molecule has 2 rings (SSSR count). The van der Waals surface area contributed by atoms with Crippen molar-refractivity contribution in [2.24, 2.45) is 0 Å². The van der Waals surface area contributed by atoms with Crippen LogP contribution in [0.15, 0.2) is 18.2 Å². The van der Waals surface area contributed by atoms with Gasteiger partial charge < -0.3 is 9.30 Å². The van der Waals surface area contributed by atoms with Gasteiger partial charge in [-0.25, -0.2) is 4.98 Å². The summed E-state index contributed by atoms with van der Waals surface area (Å²) in [6.45, 7) is 4.31. The molecule has 0 aliphatic heterocycles. The Bertz CT molecular complexity index is 604. The molecule has 2 aromatic rings. The molecule has 110 valence electrons. The predicted octanol–water partition coefficient (Wildman–Crippen LogP) is 4.17. The third-order valence-electron chi connectivity index (χ3n) is 3.39. The Balaban J connectivity index is 2.61. The van der Waals surface area contributed by atoms with Gasteiger partial charge in [-0.15, -0.1) is 0 Å². The van der Waals surface area contributed by atoms with Crippen molar-refractivity contribution in [3.63, 3.8) is 0 Å². The lowest BCUT2D eigenvalue weighted by atomic mass is 10.2. The summed E-state index contributed by atoms with van der Waals surface area (Å²) in [5, 5.41) is 0. The number of rotatable bonds is 4. The highest BCUT2D eigenvalue weighted by Crippen LogP contribution is 2.32. The SMILES string of the molecule is CCC(C)n1c(COC)nc2cc(C(F)(F)F)ccc21. The van der Waals surface area contributed by atoms with Gasteiger partial charge in [-0.2, -0.15) is 13.2 Å². The molecule has 0 N–H and O–H groups in total.